The van der Waals surface area contributed by atoms with E-state index >= 15 is 0 Å². The van der Waals surface area contributed by atoms with E-state index in [0.717, 1.165) is 0 Å². The predicted octanol–water partition coefficient (Wildman–Crippen LogP) is 1.98. The van der Waals surface area contributed by atoms with Crippen molar-refractivity contribution in [2.45, 2.75) is 18.4 Å². The number of aliphatic carboxylic acids is 1. The molecule has 8 heteroatoms. The summed E-state index contributed by atoms with van der Waals surface area (Å²) in [6, 6.07) is 1.31. The zero-order chi connectivity index (χ0) is 15.6. The molecule has 0 atom stereocenters. The van der Waals surface area contributed by atoms with Crippen LogP contribution in [0.25, 0.3) is 0 Å². The van der Waals surface area contributed by atoms with Crippen LogP contribution in [0.4, 0.5) is 8.78 Å². The van der Waals surface area contributed by atoms with Crippen molar-refractivity contribution < 1.29 is 28.2 Å². The van der Waals surface area contributed by atoms with Gasteiger partial charge in [-0.15, -0.1) is 0 Å². The monoisotopic (exact) mass is 319 g/mol. The smallest absolute Gasteiger partial charge is 0.329 e. The molecule has 0 unspecified atom stereocenters. The SMILES string of the molecule is O=C(NC1(C(=O)O)CCOCC1)c1cc(F)c(F)cc1Cl. The van der Waals surface area contributed by atoms with Gasteiger partial charge in [-0.25, -0.2) is 13.6 Å². The molecule has 1 saturated heterocycles. The van der Waals surface area contributed by atoms with Crippen LogP contribution in [0, 0.1) is 11.6 Å². The summed E-state index contributed by atoms with van der Waals surface area (Å²) >= 11 is 5.70. The molecule has 0 saturated carbocycles. The number of nitrogens with one attached hydrogen (secondary N) is 1. The Balaban J connectivity index is 2.28. The number of carbonyl (C=O) groups excluding carboxylic acids is 1. The third-order valence-corrected chi connectivity index (χ3v) is 3.68. The normalized spacial score (nSPS) is 17.3. The van der Waals surface area contributed by atoms with E-state index in [2.05, 4.69) is 5.32 Å². The third kappa shape index (κ3) is 3.14. The molecule has 2 N–H and O–H groups in total. The van der Waals surface area contributed by atoms with Gasteiger partial charge < -0.3 is 15.2 Å². The van der Waals surface area contributed by atoms with Crippen molar-refractivity contribution in [3.05, 3.63) is 34.4 Å². The lowest BCUT2D eigenvalue weighted by Gasteiger charge is -2.33. The number of carboxylic acids is 1. The second-order valence-electron chi connectivity index (χ2n) is 4.70. The van der Waals surface area contributed by atoms with Gasteiger partial charge >= 0.3 is 5.97 Å². The summed E-state index contributed by atoms with van der Waals surface area (Å²) in [4.78, 5) is 23.5. The molecule has 0 bridgehead atoms. The van der Waals surface area contributed by atoms with Gasteiger partial charge in [-0.3, -0.25) is 4.79 Å². The van der Waals surface area contributed by atoms with E-state index in [4.69, 9.17) is 16.3 Å². The van der Waals surface area contributed by atoms with Crippen molar-refractivity contribution in [2.75, 3.05) is 13.2 Å². The van der Waals surface area contributed by atoms with Crippen LogP contribution in [0.15, 0.2) is 12.1 Å². The minimum atomic E-state index is -1.50. The number of hydrogen-bond donors (Lipinski definition) is 2. The van der Waals surface area contributed by atoms with Gasteiger partial charge in [0.25, 0.3) is 5.91 Å². The van der Waals surface area contributed by atoms with E-state index in [9.17, 15) is 23.5 Å². The van der Waals surface area contributed by atoms with E-state index < -0.39 is 29.0 Å². The molecule has 21 heavy (non-hydrogen) atoms. The summed E-state index contributed by atoms with van der Waals surface area (Å²) in [5, 5.41) is 11.4. The van der Waals surface area contributed by atoms with Crippen LogP contribution in [0.2, 0.25) is 5.02 Å². The second kappa shape index (κ2) is 5.95. The highest BCUT2D eigenvalue weighted by molar-refractivity contribution is 6.33. The maximum absolute atomic E-state index is 13.2. The summed E-state index contributed by atoms with van der Waals surface area (Å²) in [5.74, 6) is -4.50. The number of benzene rings is 1. The maximum Gasteiger partial charge on any atom is 0.329 e. The molecule has 0 spiro atoms. The quantitative estimate of drug-likeness (QED) is 0.835. The van der Waals surface area contributed by atoms with E-state index in [1.165, 1.54) is 0 Å². The summed E-state index contributed by atoms with van der Waals surface area (Å²) in [6.07, 6.45) is 0.157. The van der Waals surface area contributed by atoms with E-state index in [1.54, 1.807) is 0 Å². The number of amides is 1. The number of ether oxygens (including phenoxy) is 1. The van der Waals surface area contributed by atoms with Crippen molar-refractivity contribution in [1.29, 1.82) is 0 Å². The average molecular weight is 320 g/mol. The highest BCUT2D eigenvalue weighted by atomic mass is 35.5. The number of halogens is 3. The molecule has 0 aromatic heterocycles. The van der Waals surface area contributed by atoms with Crippen LogP contribution in [0.1, 0.15) is 23.2 Å². The fourth-order valence-electron chi connectivity index (χ4n) is 2.09. The van der Waals surface area contributed by atoms with E-state index in [-0.39, 0.29) is 36.6 Å². The number of rotatable bonds is 3. The lowest BCUT2D eigenvalue weighted by Crippen LogP contribution is -2.57. The first-order chi connectivity index (χ1) is 9.85. The molecule has 1 aromatic carbocycles. The van der Waals surface area contributed by atoms with Crippen LogP contribution in [0.3, 0.4) is 0 Å². The largest absolute Gasteiger partial charge is 0.480 e. The van der Waals surface area contributed by atoms with Gasteiger partial charge in [0.15, 0.2) is 11.6 Å². The Morgan fingerprint density at radius 2 is 1.81 bits per heavy atom. The molecule has 0 aliphatic carbocycles. The van der Waals surface area contributed by atoms with Crippen molar-refractivity contribution in [3.8, 4) is 0 Å². The summed E-state index contributed by atoms with van der Waals surface area (Å²) < 4.78 is 31.3. The summed E-state index contributed by atoms with van der Waals surface area (Å²) in [6.45, 7) is 0.357. The van der Waals surface area contributed by atoms with Gasteiger partial charge in [-0.05, 0) is 12.1 Å². The Morgan fingerprint density at radius 1 is 1.24 bits per heavy atom. The Labute approximate surface area is 123 Å². The lowest BCUT2D eigenvalue weighted by molar-refractivity contribution is -0.148. The van der Waals surface area contributed by atoms with Crippen LogP contribution in [-0.4, -0.2) is 35.7 Å². The van der Waals surface area contributed by atoms with Gasteiger partial charge in [0, 0.05) is 26.1 Å². The molecule has 1 heterocycles. The Bertz CT molecular complexity index is 588. The molecule has 1 aliphatic heterocycles. The minimum absolute atomic E-state index is 0.0787. The fraction of sp³-hybridized carbons (Fsp3) is 0.385. The Kier molecular flexibility index (Phi) is 4.43. The molecular formula is C13H12ClF2NO4. The average Bonchev–Trinajstić information content (AvgIpc) is 2.43. The molecule has 1 aliphatic rings. The van der Waals surface area contributed by atoms with Crippen LogP contribution in [0.5, 0.6) is 0 Å². The number of hydrogen-bond acceptors (Lipinski definition) is 3. The molecule has 2 rings (SSSR count). The summed E-state index contributed by atoms with van der Waals surface area (Å²) in [7, 11) is 0. The minimum Gasteiger partial charge on any atom is -0.480 e. The number of carbonyl (C=O) groups is 2. The van der Waals surface area contributed by atoms with Crippen LogP contribution >= 0.6 is 11.6 Å². The van der Waals surface area contributed by atoms with Crippen molar-refractivity contribution in [3.63, 3.8) is 0 Å². The standard InChI is InChI=1S/C13H12ClF2NO4/c14-8-6-10(16)9(15)5-7(8)11(18)17-13(12(19)20)1-3-21-4-2-13/h5-6H,1-4H2,(H,17,18)(H,19,20). The van der Waals surface area contributed by atoms with E-state index in [0.29, 0.717) is 12.1 Å². The molecule has 5 nitrogen and oxygen atoms in total. The van der Waals surface area contributed by atoms with Gasteiger partial charge in [-0.1, -0.05) is 11.6 Å². The highest BCUT2D eigenvalue weighted by Gasteiger charge is 2.42. The topological polar surface area (TPSA) is 75.6 Å². The van der Waals surface area contributed by atoms with Crippen molar-refractivity contribution in [2.24, 2.45) is 0 Å². The molecule has 1 aromatic rings. The Hall–Kier alpha value is -1.73. The first-order valence-corrected chi connectivity index (χ1v) is 6.52. The zero-order valence-electron chi connectivity index (χ0n) is 10.8. The molecular weight excluding hydrogens is 308 g/mol. The van der Waals surface area contributed by atoms with Gasteiger partial charge in [0.05, 0.1) is 10.6 Å². The highest BCUT2D eigenvalue weighted by Crippen LogP contribution is 2.24. The Morgan fingerprint density at radius 3 is 2.38 bits per heavy atom. The van der Waals surface area contributed by atoms with Crippen molar-refractivity contribution in [1.82, 2.24) is 5.32 Å². The van der Waals surface area contributed by atoms with E-state index in [1.807, 2.05) is 0 Å². The molecule has 114 valence electrons. The first-order valence-electron chi connectivity index (χ1n) is 6.14. The molecule has 1 amide bonds. The summed E-state index contributed by atoms with van der Waals surface area (Å²) in [5.41, 5.74) is -1.81. The predicted molar refractivity (Wildman–Crippen MR) is 69.3 cm³/mol. The van der Waals surface area contributed by atoms with Gasteiger partial charge in [0.2, 0.25) is 0 Å². The lowest BCUT2D eigenvalue weighted by atomic mass is 9.89. The van der Waals surface area contributed by atoms with Gasteiger partial charge in [0.1, 0.15) is 5.54 Å². The zero-order valence-corrected chi connectivity index (χ0v) is 11.5. The van der Waals surface area contributed by atoms with Crippen LogP contribution in [-0.2, 0) is 9.53 Å². The molecule has 0 radical (unpaired) electrons. The van der Waals surface area contributed by atoms with Crippen molar-refractivity contribution >= 4 is 23.5 Å². The number of carboxylic acid groups (broad SMARTS) is 1. The van der Waals surface area contributed by atoms with Gasteiger partial charge in [-0.2, -0.15) is 0 Å². The fourth-order valence-corrected chi connectivity index (χ4v) is 2.33. The molecule has 1 fully saturated rings. The first kappa shape index (κ1) is 15.7. The third-order valence-electron chi connectivity index (χ3n) is 3.36. The van der Waals surface area contributed by atoms with Crippen LogP contribution < -0.4 is 5.32 Å². The second-order valence-corrected chi connectivity index (χ2v) is 5.11. The maximum atomic E-state index is 13.2.